The lowest BCUT2D eigenvalue weighted by Gasteiger charge is -2.29. The molecule has 4 N–H and O–H groups in total. The van der Waals surface area contributed by atoms with E-state index < -0.39 is 41.6 Å². The maximum atomic E-state index is 14.1. The van der Waals surface area contributed by atoms with Crippen LogP contribution in [0.15, 0.2) is 42.5 Å². The van der Waals surface area contributed by atoms with Crippen molar-refractivity contribution in [1.29, 1.82) is 0 Å². The van der Waals surface area contributed by atoms with E-state index in [1.807, 2.05) is 20.8 Å². The Labute approximate surface area is 282 Å². The minimum absolute atomic E-state index is 0.00427. The van der Waals surface area contributed by atoms with E-state index in [0.29, 0.717) is 63.7 Å². The van der Waals surface area contributed by atoms with Gasteiger partial charge in [0.1, 0.15) is 11.6 Å². The predicted octanol–water partition coefficient (Wildman–Crippen LogP) is 5.74. The molecular formula is C37H51F2N3O6. The Morgan fingerprint density at radius 2 is 1.52 bits per heavy atom. The molecule has 1 aliphatic carbocycles. The highest BCUT2D eigenvalue weighted by Gasteiger charge is 2.30. The van der Waals surface area contributed by atoms with Crippen molar-refractivity contribution in [2.24, 2.45) is 17.8 Å². The van der Waals surface area contributed by atoms with Crippen molar-refractivity contribution in [1.82, 2.24) is 15.5 Å². The zero-order valence-electron chi connectivity index (χ0n) is 28.4. The topological polar surface area (TPSA) is 136 Å². The molecule has 48 heavy (non-hydrogen) atoms. The molecular weight excluding hydrogens is 620 g/mol. The van der Waals surface area contributed by atoms with Gasteiger partial charge in [0.15, 0.2) is 0 Å². The number of nitrogens with one attached hydrogen (secondary N) is 2. The third kappa shape index (κ3) is 11.7. The molecule has 264 valence electrons. The van der Waals surface area contributed by atoms with Gasteiger partial charge in [-0.1, -0.05) is 33.3 Å². The molecule has 3 atom stereocenters. The zero-order chi connectivity index (χ0) is 35.2. The number of rotatable bonds is 18. The lowest BCUT2D eigenvalue weighted by molar-refractivity contribution is -0.143. The number of benzene rings is 2. The molecule has 0 aliphatic heterocycles. The van der Waals surface area contributed by atoms with Crippen molar-refractivity contribution >= 4 is 23.7 Å². The molecule has 0 radical (unpaired) electrons. The summed E-state index contributed by atoms with van der Waals surface area (Å²) in [7, 11) is 0. The van der Waals surface area contributed by atoms with Gasteiger partial charge in [0.05, 0.1) is 18.1 Å². The van der Waals surface area contributed by atoms with Crippen LogP contribution in [0, 0.1) is 29.4 Å². The summed E-state index contributed by atoms with van der Waals surface area (Å²) in [6.07, 6.45) is 3.91. The molecule has 11 heteroatoms. The summed E-state index contributed by atoms with van der Waals surface area (Å²) < 4.78 is 28.2. The van der Waals surface area contributed by atoms with Gasteiger partial charge < -0.3 is 25.7 Å². The summed E-state index contributed by atoms with van der Waals surface area (Å²) in [4.78, 5) is 53.1. The average Bonchev–Trinajstić information content (AvgIpc) is 3.06. The third-order valence-corrected chi connectivity index (χ3v) is 9.10. The molecule has 2 aromatic rings. The first-order chi connectivity index (χ1) is 22.9. The summed E-state index contributed by atoms with van der Waals surface area (Å²) >= 11 is 0. The second-order valence-electron chi connectivity index (χ2n) is 13.0. The normalized spacial score (nSPS) is 18.0. The Hall–Kier alpha value is -3.86. The molecule has 3 amide bonds. The highest BCUT2D eigenvalue weighted by atomic mass is 19.1. The molecule has 2 aromatic carbocycles. The lowest BCUT2D eigenvalue weighted by atomic mass is 9.82. The molecule has 3 rings (SSSR count). The van der Waals surface area contributed by atoms with E-state index in [0.717, 1.165) is 31.0 Å². The number of carbonyl (C=O) groups is 4. The number of hydrogen-bond acceptors (Lipinski definition) is 5. The smallest absolute Gasteiger partial charge is 0.306 e. The second kappa shape index (κ2) is 19.2. The van der Waals surface area contributed by atoms with Crippen LogP contribution in [-0.4, -0.2) is 70.6 Å². The van der Waals surface area contributed by atoms with E-state index in [9.17, 15) is 38.2 Å². The van der Waals surface area contributed by atoms with Gasteiger partial charge in [-0.25, -0.2) is 8.78 Å². The molecule has 0 saturated heterocycles. The Kier molecular flexibility index (Phi) is 15.4. The zero-order valence-corrected chi connectivity index (χ0v) is 28.4. The monoisotopic (exact) mass is 671 g/mol. The second-order valence-corrected chi connectivity index (χ2v) is 13.0. The van der Waals surface area contributed by atoms with Crippen molar-refractivity contribution < 1.29 is 38.2 Å². The number of hydrogen-bond donors (Lipinski definition) is 4. The van der Waals surface area contributed by atoms with Crippen molar-refractivity contribution in [3.8, 4) is 0 Å². The lowest BCUT2D eigenvalue weighted by Crippen LogP contribution is -2.47. The summed E-state index contributed by atoms with van der Waals surface area (Å²) in [6, 6.07) is 8.32. The van der Waals surface area contributed by atoms with Gasteiger partial charge in [-0.2, -0.15) is 0 Å². The van der Waals surface area contributed by atoms with Crippen LogP contribution in [0.1, 0.15) is 105 Å². The van der Waals surface area contributed by atoms with Gasteiger partial charge >= 0.3 is 5.97 Å². The Morgan fingerprint density at radius 1 is 0.896 bits per heavy atom. The van der Waals surface area contributed by atoms with E-state index in [1.165, 1.54) is 6.07 Å². The SMILES string of the molecule is CCCC(CC(O)C(Cc1cc(F)cc(F)c1)NC(=O)c1cccc(C(=O)N(CCC)CCC)c1)C(=O)NCC1CCC(C(=O)O)CC1. The molecule has 0 heterocycles. The average molecular weight is 672 g/mol. The minimum Gasteiger partial charge on any atom is -0.481 e. The van der Waals surface area contributed by atoms with Crippen LogP contribution in [0.4, 0.5) is 8.78 Å². The summed E-state index contributed by atoms with van der Waals surface area (Å²) in [5, 5.41) is 26.5. The molecule has 3 unspecified atom stereocenters. The van der Waals surface area contributed by atoms with Crippen molar-refractivity contribution in [2.75, 3.05) is 19.6 Å². The molecule has 0 bridgehead atoms. The molecule has 0 aromatic heterocycles. The van der Waals surface area contributed by atoms with Gasteiger partial charge in [0, 0.05) is 42.7 Å². The van der Waals surface area contributed by atoms with Crippen molar-refractivity contribution in [2.45, 2.75) is 97.1 Å². The summed E-state index contributed by atoms with van der Waals surface area (Å²) in [6.45, 7) is 7.47. The number of halogens is 2. The van der Waals surface area contributed by atoms with E-state index in [1.54, 1.807) is 23.1 Å². The highest BCUT2D eigenvalue weighted by Crippen LogP contribution is 2.29. The fourth-order valence-electron chi connectivity index (χ4n) is 6.51. The van der Waals surface area contributed by atoms with E-state index in [-0.39, 0.29) is 47.6 Å². The fraction of sp³-hybridized carbons (Fsp3) is 0.568. The molecule has 1 aliphatic rings. The molecule has 9 nitrogen and oxygen atoms in total. The summed E-state index contributed by atoms with van der Waals surface area (Å²) in [5.74, 6) is -4.14. The molecule has 1 fully saturated rings. The third-order valence-electron chi connectivity index (χ3n) is 9.10. The van der Waals surface area contributed by atoms with Crippen LogP contribution in [0.2, 0.25) is 0 Å². The number of aliphatic hydroxyl groups excluding tert-OH is 1. The van der Waals surface area contributed by atoms with Gasteiger partial charge in [-0.05, 0) is 99.6 Å². The number of aliphatic hydroxyl groups is 1. The van der Waals surface area contributed by atoms with Crippen molar-refractivity contribution in [3.05, 3.63) is 70.8 Å². The maximum Gasteiger partial charge on any atom is 0.306 e. The Bertz CT molecular complexity index is 1350. The minimum atomic E-state index is -1.25. The number of carboxylic acid groups (broad SMARTS) is 1. The molecule has 0 spiro atoms. The van der Waals surface area contributed by atoms with Crippen LogP contribution in [-0.2, 0) is 16.0 Å². The largest absolute Gasteiger partial charge is 0.481 e. The Morgan fingerprint density at radius 3 is 2.10 bits per heavy atom. The number of carboxylic acids is 1. The first-order valence-electron chi connectivity index (χ1n) is 17.3. The van der Waals surface area contributed by atoms with Crippen LogP contribution in [0.5, 0.6) is 0 Å². The van der Waals surface area contributed by atoms with Crippen LogP contribution >= 0.6 is 0 Å². The first kappa shape index (κ1) is 38.6. The highest BCUT2D eigenvalue weighted by molar-refractivity contribution is 5.99. The number of carbonyl (C=O) groups excluding carboxylic acids is 3. The van der Waals surface area contributed by atoms with Gasteiger partial charge in [0.2, 0.25) is 5.91 Å². The van der Waals surface area contributed by atoms with E-state index in [2.05, 4.69) is 10.6 Å². The van der Waals surface area contributed by atoms with Gasteiger partial charge in [0.25, 0.3) is 11.8 Å². The molecule has 1 saturated carbocycles. The van der Waals surface area contributed by atoms with E-state index in [4.69, 9.17) is 0 Å². The fourth-order valence-corrected chi connectivity index (χ4v) is 6.51. The Balaban J connectivity index is 1.76. The van der Waals surface area contributed by atoms with Gasteiger partial charge in [-0.15, -0.1) is 0 Å². The number of amides is 3. The predicted molar refractivity (Wildman–Crippen MR) is 179 cm³/mol. The quantitative estimate of drug-likeness (QED) is 0.160. The number of nitrogens with zero attached hydrogens (tertiary/aromatic N) is 1. The standard InChI is InChI=1S/C37H51F2N3O6/c1-4-8-27(34(44)40-23-24-11-13-26(14-12-24)37(47)48)21-33(43)32(19-25-17-30(38)22-31(39)18-25)41-35(45)28-9-7-10-29(20-28)36(46)42(15-5-2)16-6-3/h7,9-10,17-18,20,22,24,26-27,32-33,43H,4-6,8,11-16,19,21,23H2,1-3H3,(H,40,44)(H,41,45)(H,47,48). The van der Waals surface area contributed by atoms with Crippen LogP contribution in [0.3, 0.4) is 0 Å². The van der Waals surface area contributed by atoms with Gasteiger partial charge in [-0.3, -0.25) is 19.2 Å². The first-order valence-corrected chi connectivity index (χ1v) is 17.3. The van der Waals surface area contributed by atoms with Crippen molar-refractivity contribution in [3.63, 3.8) is 0 Å². The van der Waals surface area contributed by atoms with Crippen LogP contribution in [0.25, 0.3) is 0 Å². The van der Waals surface area contributed by atoms with Crippen LogP contribution < -0.4 is 10.6 Å². The maximum absolute atomic E-state index is 14.1. The summed E-state index contributed by atoms with van der Waals surface area (Å²) in [5.41, 5.74) is 0.769. The van der Waals surface area contributed by atoms with E-state index >= 15 is 0 Å². The number of aliphatic carboxylic acids is 1.